The lowest BCUT2D eigenvalue weighted by molar-refractivity contribution is -0.118. The van der Waals surface area contributed by atoms with Gasteiger partial charge in [-0.2, -0.15) is 9.78 Å². The van der Waals surface area contributed by atoms with Crippen molar-refractivity contribution in [1.82, 2.24) is 9.78 Å². The molecule has 1 aliphatic rings. The van der Waals surface area contributed by atoms with Crippen LogP contribution in [0.1, 0.15) is 19.3 Å². The first-order valence-corrected chi connectivity index (χ1v) is 8.51. The van der Waals surface area contributed by atoms with E-state index >= 15 is 0 Å². The summed E-state index contributed by atoms with van der Waals surface area (Å²) in [6.45, 7) is 1.18. The standard InChI is InChI=1S/C17H17ClF2N4O2/c18-16-14(23-5-1-2-10(9-23)6-15(21)25)8-22-24(17(16)26)13-4-3-11(19)7-12(13)20/h3-4,7-8,10H,1-2,5-6,9H2,(H2,21,25). The van der Waals surface area contributed by atoms with Gasteiger partial charge in [-0.15, -0.1) is 0 Å². The average molecular weight is 383 g/mol. The molecule has 9 heteroatoms. The Labute approximate surface area is 153 Å². The first kappa shape index (κ1) is 18.3. The number of piperidine rings is 1. The number of amides is 1. The molecule has 1 aromatic heterocycles. The van der Waals surface area contributed by atoms with Crippen molar-refractivity contribution < 1.29 is 13.6 Å². The maximum absolute atomic E-state index is 13.9. The molecule has 1 amide bonds. The van der Waals surface area contributed by atoms with E-state index in [2.05, 4.69) is 5.10 Å². The van der Waals surface area contributed by atoms with Gasteiger partial charge in [0.25, 0.3) is 5.56 Å². The van der Waals surface area contributed by atoms with Crippen LogP contribution in [0.3, 0.4) is 0 Å². The van der Waals surface area contributed by atoms with E-state index in [1.165, 1.54) is 6.20 Å². The molecule has 3 rings (SSSR count). The molecule has 1 unspecified atom stereocenters. The molecule has 1 aliphatic heterocycles. The van der Waals surface area contributed by atoms with Crippen molar-refractivity contribution in [2.75, 3.05) is 18.0 Å². The number of aromatic nitrogens is 2. The molecule has 1 saturated heterocycles. The second kappa shape index (κ2) is 7.41. The number of halogens is 3. The molecule has 2 N–H and O–H groups in total. The van der Waals surface area contributed by atoms with Crippen LogP contribution in [0.15, 0.2) is 29.2 Å². The highest BCUT2D eigenvalue weighted by atomic mass is 35.5. The molecular weight excluding hydrogens is 366 g/mol. The molecular formula is C17H17ClF2N4O2. The molecule has 2 heterocycles. The number of carbonyl (C=O) groups excluding carboxylic acids is 1. The highest BCUT2D eigenvalue weighted by molar-refractivity contribution is 6.33. The lowest BCUT2D eigenvalue weighted by Crippen LogP contribution is -2.38. The summed E-state index contributed by atoms with van der Waals surface area (Å²) in [5, 5.41) is 3.88. The second-order valence-corrected chi connectivity index (χ2v) is 6.66. The SMILES string of the molecule is NC(=O)CC1CCCN(c2cnn(-c3ccc(F)cc3F)c(=O)c2Cl)C1. The monoisotopic (exact) mass is 382 g/mol. The van der Waals surface area contributed by atoms with Crippen molar-refractivity contribution in [2.45, 2.75) is 19.3 Å². The van der Waals surface area contributed by atoms with Crippen molar-refractivity contribution in [3.05, 3.63) is 51.4 Å². The largest absolute Gasteiger partial charge is 0.370 e. The Morgan fingerprint density at radius 1 is 1.35 bits per heavy atom. The first-order valence-electron chi connectivity index (χ1n) is 8.13. The Bertz CT molecular complexity index is 903. The zero-order chi connectivity index (χ0) is 18.8. The van der Waals surface area contributed by atoms with Gasteiger partial charge in [0.1, 0.15) is 16.5 Å². The van der Waals surface area contributed by atoms with Crippen LogP contribution >= 0.6 is 11.6 Å². The fraction of sp³-hybridized carbons (Fsp3) is 0.353. The number of rotatable bonds is 4. The summed E-state index contributed by atoms with van der Waals surface area (Å²) in [5.74, 6) is -1.96. The lowest BCUT2D eigenvalue weighted by Gasteiger charge is -2.34. The Kier molecular flexibility index (Phi) is 5.22. The van der Waals surface area contributed by atoms with E-state index in [9.17, 15) is 18.4 Å². The van der Waals surface area contributed by atoms with E-state index in [0.717, 1.165) is 29.7 Å². The van der Waals surface area contributed by atoms with Crippen molar-refractivity contribution in [2.24, 2.45) is 11.7 Å². The highest BCUT2D eigenvalue weighted by Gasteiger charge is 2.25. The average Bonchev–Trinajstić information content (AvgIpc) is 2.57. The molecule has 1 fully saturated rings. The predicted molar refractivity (Wildman–Crippen MR) is 93.5 cm³/mol. The number of hydrogen-bond acceptors (Lipinski definition) is 4. The molecule has 2 aromatic rings. The number of nitrogens with zero attached hydrogens (tertiary/aromatic N) is 3. The van der Waals surface area contributed by atoms with E-state index in [1.54, 1.807) is 0 Å². The second-order valence-electron chi connectivity index (χ2n) is 6.28. The number of carbonyl (C=O) groups is 1. The molecule has 6 nitrogen and oxygen atoms in total. The van der Waals surface area contributed by atoms with E-state index in [0.29, 0.717) is 24.8 Å². The van der Waals surface area contributed by atoms with Crippen LogP contribution in [0.4, 0.5) is 14.5 Å². The summed E-state index contributed by atoms with van der Waals surface area (Å²) in [4.78, 5) is 25.5. The summed E-state index contributed by atoms with van der Waals surface area (Å²) in [6.07, 6.45) is 3.32. The van der Waals surface area contributed by atoms with Gasteiger partial charge in [-0.3, -0.25) is 9.59 Å². The van der Waals surface area contributed by atoms with E-state index < -0.39 is 17.2 Å². The normalized spacial score (nSPS) is 17.3. The summed E-state index contributed by atoms with van der Waals surface area (Å²) in [6, 6.07) is 2.83. The van der Waals surface area contributed by atoms with Crippen molar-refractivity contribution >= 4 is 23.2 Å². The zero-order valence-electron chi connectivity index (χ0n) is 13.8. The van der Waals surface area contributed by atoms with Gasteiger partial charge < -0.3 is 10.6 Å². The Hall–Kier alpha value is -2.48. The Balaban J connectivity index is 1.92. The van der Waals surface area contributed by atoms with Crippen LogP contribution < -0.4 is 16.2 Å². The molecule has 26 heavy (non-hydrogen) atoms. The van der Waals surface area contributed by atoms with Gasteiger partial charge in [-0.05, 0) is 30.9 Å². The molecule has 0 saturated carbocycles. The minimum atomic E-state index is -0.914. The molecule has 138 valence electrons. The smallest absolute Gasteiger partial charge is 0.292 e. The zero-order valence-corrected chi connectivity index (χ0v) is 14.5. The third kappa shape index (κ3) is 3.70. The molecule has 1 atom stereocenters. The third-order valence-corrected chi connectivity index (χ3v) is 4.74. The fourth-order valence-electron chi connectivity index (χ4n) is 3.20. The third-order valence-electron chi connectivity index (χ3n) is 4.39. The number of nitrogens with two attached hydrogens (primary N) is 1. The topological polar surface area (TPSA) is 81.2 Å². The van der Waals surface area contributed by atoms with Crippen LogP contribution in [0.25, 0.3) is 5.69 Å². The van der Waals surface area contributed by atoms with Gasteiger partial charge in [-0.25, -0.2) is 8.78 Å². The number of anilines is 1. The van der Waals surface area contributed by atoms with E-state index in [4.69, 9.17) is 17.3 Å². The van der Waals surface area contributed by atoms with Gasteiger partial charge in [0, 0.05) is 25.6 Å². The van der Waals surface area contributed by atoms with E-state index in [1.807, 2.05) is 4.90 Å². The molecule has 0 spiro atoms. The van der Waals surface area contributed by atoms with Gasteiger partial charge in [-0.1, -0.05) is 11.6 Å². The summed E-state index contributed by atoms with van der Waals surface area (Å²) < 4.78 is 27.8. The van der Waals surface area contributed by atoms with Crippen molar-refractivity contribution in [3.63, 3.8) is 0 Å². The number of hydrogen-bond donors (Lipinski definition) is 1. The Morgan fingerprint density at radius 3 is 2.81 bits per heavy atom. The number of benzene rings is 1. The first-order chi connectivity index (χ1) is 12.4. The summed E-state index contributed by atoms with van der Waals surface area (Å²) in [5.41, 5.74) is 4.79. The molecule has 0 bridgehead atoms. The van der Waals surface area contributed by atoms with Crippen LogP contribution in [0.2, 0.25) is 5.02 Å². The summed E-state index contributed by atoms with van der Waals surface area (Å²) in [7, 11) is 0. The van der Waals surface area contributed by atoms with Gasteiger partial charge in [0.15, 0.2) is 5.82 Å². The quantitative estimate of drug-likeness (QED) is 0.879. The minimum absolute atomic E-state index is 0.0780. The highest BCUT2D eigenvalue weighted by Crippen LogP contribution is 2.28. The van der Waals surface area contributed by atoms with Crippen molar-refractivity contribution in [1.29, 1.82) is 0 Å². The Morgan fingerprint density at radius 2 is 2.12 bits per heavy atom. The lowest BCUT2D eigenvalue weighted by atomic mass is 9.94. The minimum Gasteiger partial charge on any atom is -0.370 e. The van der Waals surface area contributed by atoms with E-state index in [-0.39, 0.29) is 29.0 Å². The van der Waals surface area contributed by atoms with Crippen LogP contribution in [-0.2, 0) is 4.79 Å². The van der Waals surface area contributed by atoms with Gasteiger partial charge >= 0.3 is 0 Å². The van der Waals surface area contributed by atoms with Crippen LogP contribution in [-0.4, -0.2) is 28.8 Å². The molecule has 0 aliphatic carbocycles. The van der Waals surface area contributed by atoms with Gasteiger partial charge in [0.2, 0.25) is 5.91 Å². The van der Waals surface area contributed by atoms with Crippen molar-refractivity contribution in [3.8, 4) is 5.69 Å². The fourth-order valence-corrected chi connectivity index (χ4v) is 3.45. The van der Waals surface area contributed by atoms with Crippen LogP contribution in [0, 0.1) is 17.6 Å². The molecule has 0 radical (unpaired) electrons. The maximum Gasteiger partial charge on any atom is 0.292 e. The van der Waals surface area contributed by atoms with Gasteiger partial charge in [0.05, 0.1) is 11.9 Å². The van der Waals surface area contributed by atoms with Crippen LogP contribution in [0.5, 0.6) is 0 Å². The maximum atomic E-state index is 13.9. The number of primary amides is 1. The summed E-state index contributed by atoms with van der Waals surface area (Å²) >= 11 is 6.22. The molecule has 1 aromatic carbocycles. The predicted octanol–water partition coefficient (Wildman–Crippen LogP) is 2.26.